The number of likely N-dealkylation sites (tertiary alicyclic amines) is 1. The molecule has 0 radical (unpaired) electrons. The molecule has 1 aromatic rings. The molecule has 19 heavy (non-hydrogen) atoms. The zero-order chi connectivity index (χ0) is 13.1. The van der Waals surface area contributed by atoms with Crippen molar-refractivity contribution in [3.05, 3.63) is 11.7 Å². The van der Waals surface area contributed by atoms with Crippen molar-refractivity contribution < 1.29 is 14.0 Å². The predicted octanol–water partition coefficient (Wildman–Crippen LogP) is 1.22. The standard InChI is InChI=1S/C13H21N3O3/c1-17-8-11-14-12(19-15-11)7-16-5-4-13(9-16)3-2-6-18-10-13/h2-10H2,1H3/t13-/m0/s1. The van der Waals surface area contributed by atoms with Crippen LogP contribution in [0.15, 0.2) is 4.52 Å². The van der Waals surface area contributed by atoms with Crippen molar-refractivity contribution in [1.82, 2.24) is 15.0 Å². The second-order valence-electron chi connectivity index (χ2n) is 5.65. The van der Waals surface area contributed by atoms with E-state index >= 15 is 0 Å². The molecule has 0 aromatic carbocycles. The maximum absolute atomic E-state index is 5.65. The molecule has 0 unspecified atom stereocenters. The minimum absolute atomic E-state index is 0.369. The second kappa shape index (κ2) is 5.56. The third-order valence-electron chi connectivity index (χ3n) is 4.06. The molecular weight excluding hydrogens is 246 g/mol. The Morgan fingerprint density at radius 1 is 1.42 bits per heavy atom. The van der Waals surface area contributed by atoms with Crippen molar-refractivity contribution in [2.75, 3.05) is 33.4 Å². The number of aromatic nitrogens is 2. The molecule has 106 valence electrons. The Labute approximate surface area is 113 Å². The van der Waals surface area contributed by atoms with Crippen molar-refractivity contribution in [3.8, 4) is 0 Å². The van der Waals surface area contributed by atoms with Gasteiger partial charge in [0, 0.05) is 25.7 Å². The highest BCUT2D eigenvalue weighted by atomic mass is 16.5. The average Bonchev–Trinajstić information content (AvgIpc) is 3.00. The molecule has 3 heterocycles. The Balaban J connectivity index is 1.55. The third-order valence-corrected chi connectivity index (χ3v) is 4.06. The van der Waals surface area contributed by atoms with E-state index in [9.17, 15) is 0 Å². The highest BCUT2D eigenvalue weighted by Crippen LogP contribution is 2.38. The number of nitrogens with zero attached hydrogens (tertiary/aromatic N) is 3. The summed E-state index contributed by atoms with van der Waals surface area (Å²) in [6, 6.07) is 0. The molecule has 0 N–H and O–H groups in total. The SMILES string of the molecule is COCc1noc(CN2CC[C@@]3(CCCOC3)C2)n1. The van der Waals surface area contributed by atoms with Gasteiger partial charge in [0.15, 0.2) is 5.82 Å². The van der Waals surface area contributed by atoms with E-state index in [0.29, 0.717) is 23.7 Å². The van der Waals surface area contributed by atoms with E-state index in [0.717, 1.165) is 32.8 Å². The molecule has 1 atom stereocenters. The quantitative estimate of drug-likeness (QED) is 0.817. The largest absolute Gasteiger partial charge is 0.381 e. The van der Waals surface area contributed by atoms with E-state index in [1.54, 1.807) is 7.11 Å². The zero-order valence-electron chi connectivity index (χ0n) is 11.4. The summed E-state index contributed by atoms with van der Waals surface area (Å²) in [5.41, 5.74) is 0.369. The predicted molar refractivity (Wildman–Crippen MR) is 67.4 cm³/mol. The Bertz CT molecular complexity index is 415. The maximum atomic E-state index is 5.65. The van der Waals surface area contributed by atoms with Crippen LogP contribution in [0, 0.1) is 5.41 Å². The molecule has 0 aliphatic carbocycles. The van der Waals surface area contributed by atoms with Gasteiger partial charge in [0.05, 0.1) is 13.2 Å². The van der Waals surface area contributed by atoms with E-state index in [-0.39, 0.29) is 0 Å². The van der Waals surface area contributed by atoms with Crippen LogP contribution in [0.25, 0.3) is 0 Å². The first kappa shape index (κ1) is 13.0. The van der Waals surface area contributed by atoms with Crippen molar-refractivity contribution >= 4 is 0 Å². The highest BCUT2D eigenvalue weighted by molar-refractivity contribution is 4.93. The van der Waals surface area contributed by atoms with Crippen molar-refractivity contribution in [2.45, 2.75) is 32.4 Å². The molecule has 2 saturated heterocycles. The third kappa shape index (κ3) is 2.96. The van der Waals surface area contributed by atoms with Crippen LogP contribution in [-0.2, 0) is 22.6 Å². The van der Waals surface area contributed by atoms with Gasteiger partial charge in [-0.15, -0.1) is 0 Å². The van der Waals surface area contributed by atoms with Gasteiger partial charge < -0.3 is 14.0 Å². The summed E-state index contributed by atoms with van der Waals surface area (Å²) in [7, 11) is 1.63. The number of methoxy groups -OCH3 is 1. The monoisotopic (exact) mass is 267 g/mol. The van der Waals surface area contributed by atoms with Crippen molar-refractivity contribution in [2.24, 2.45) is 5.41 Å². The Hall–Kier alpha value is -0.980. The van der Waals surface area contributed by atoms with Gasteiger partial charge in [-0.1, -0.05) is 5.16 Å². The first-order valence-corrected chi connectivity index (χ1v) is 6.90. The molecule has 3 rings (SSSR count). The summed E-state index contributed by atoms with van der Waals surface area (Å²) >= 11 is 0. The van der Waals surface area contributed by atoms with Gasteiger partial charge in [-0.3, -0.25) is 4.90 Å². The second-order valence-corrected chi connectivity index (χ2v) is 5.65. The Kier molecular flexibility index (Phi) is 3.81. The van der Waals surface area contributed by atoms with Crippen molar-refractivity contribution in [3.63, 3.8) is 0 Å². The summed E-state index contributed by atoms with van der Waals surface area (Å²) in [6.45, 7) is 5.13. The first-order valence-electron chi connectivity index (χ1n) is 6.90. The van der Waals surface area contributed by atoms with Gasteiger partial charge in [-0.25, -0.2) is 0 Å². The molecule has 2 aliphatic rings. The highest BCUT2D eigenvalue weighted by Gasteiger charge is 2.39. The molecule has 0 bridgehead atoms. The van der Waals surface area contributed by atoms with Gasteiger partial charge in [0.1, 0.15) is 6.61 Å². The molecular formula is C13H21N3O3. The summed E-state index contributed by atoms with van der Waals surface area (Å²) in [4.78, 5) is 6.71. The van der Waals surface area contributed by atoms with Crippen LogP contribution in [0.5, 0.6) is 0 Å². The van der Waals surface area contributed by atoms with E-state index in [2.05, 4.69) is 15.0 Å². The minimum atomic E-state index is 0.369. The molecule has 0 saturated carbocycles. The fourth-order valence-electron chi connectivity index (χ4n) is 3.13. The Morgan fingerprint density at radius 2 is 2.37 bits per heavy atom. The first-order chi connectivity index (χ1) is 9.30. The lowest BCUT2D eigenvalue weighted by Gasteiger charge is -2.33. The van der Waals surface area contributed by atoms with E-state index in [1.165, 1.54) is 19.3 Å². The molecule has 1 aromatic heterocycles. The number of ether oxygens (including phenoxy) is 2. The smallest absolute Gasteiger partial charge is 0.240 e. The lowest BCUT2D eigenvalue weighted by atomic mass is 9.82. The van der Waals surface area contributed by atoms with E-state index in [4.69, 9.17) is 14.0 Å². The van der Waals surface area contributed by atoms with E-state index in [1.807, 2.05) is 0 Å². The maximum Gasteiger partial charge on any atom is 0.240 e. The molecule has 6 heteroatoms. The molecule has 6 nitrogen and oxygen atoms in total. The average molecular weight is 267 g/mol. The molecule has 0 amide bonds. The summed E-state index contributed by atoms with van der Waals surface area (Å²) in [5, 5.41) is 3.89. The van der Waals surface area contributed by atoms with Crippen molar-refractivity contribution in [1.29, 1.82) is 0 Å². The number of rotatable bonds is 4. The molecule has 2 aliphatic heterocycles. The van der Waals surface area contributed by atoms with Crippen LogP contribution >= 0.6 is 0 Å². The van der Waals surface area contributed by atoms with Gasteiger partial charge in [-0.2, -0.15) is 4.98 Å². The summed E-state index contributed by atoms with van der Waals surface area (Å²) < 4.78 is 15.9. The van der Waals surface area contributed by atoms with Gasteiger partial charge >= 0.3 is 0 Å². The fourth-order valence-corrected chi connectivity index (χ4v) is 3.13. The van der Waals surface area contributed by atoms with Crippen LogP contribution in [0.3, 0.4) is 0 Å². The van der Waals surface area contributed by atoms with Gasteiger partial charge in [0.2, 0.25) is 5.89 Å². The number of hydrogen-bond donors (Lipinski definition) is 0. The zero-order valence-corrected chi connectivity index (χ0v) is 11.4. The lowest BCUT2D eigenvalue weighted by molar-refractivity contribution is -0.00288. The fraction of sp³-hybridized carbons (Fsp3) is 0.846. The Morgan fingerprint density at radius 3 is 3.16 bits per heavy atom. The van der Waals surface area contributed by atoms with Crippen LogP contribution in [0.2, 0.25) is 0 Å². The lowest BCUT2D eigenvalue weighted by Crippen LogP contribution is -2.34. The van der Waals surface area contributed by atoms with Crippen LogP contribution in [-0.4, -0.2) is 48.5 Å². The topological polar surface area (TPSA) is 60.6 Å². The van der Waals surface area contributed by atoms with Gasteiger partial charge in [-0.05, 0) is 25.8 Å². The van der Waals surface area contributed by atoms with E-state index < -0.39 is 0 Å². The van der Waals surface area contributed by atoms with Crippen LogP contribution in [0.1, 0.15) is 31.0 Å². The van der Waals surface area contributed by atoms with Crippen LogP contribution in [0.4, 0.5) is 0 Å². The normalized spacial score (nSPS) is 28.3. The van der Waals surface area contributed by atoms with Crippen LogP contribution < -0.4 is 0 Å². The molecule has 2 fully saturated rings. The minimum Gasteiger partial charge on any atom is -0.381 e. The summed E-state index contributed by atoms with van der Waals surface area (Å²) in [5.74, 6) is 1.30. The number of hydrogen-bond acceptors (Lipinski definition) is 6. The molecule has 1 spiro atoms. The summed E-state index contributed by atoms with van der Waals surface area (Å²) in [6.07, 6.45) is 3.68. The van der Waals surface area contributed by atoms with Gasteiger partial charge in [0.25, 0.3) is 0 Å².